The highest BCUT2D eigenvalue weighted by Crippen LogP contribution is 2.29. The molecule has 1 amide bonds. The number of carbonyl (C=O) groups excluding carboxylic acids is 1. The Morgan fingerprint density at radius 1 is 1.39 bits per heavy atom. The van der Waals surface area contributed by atoms with Crippen LogP contribution >= 0.6 is 11.6 Å². The monoisotopic (exact) mass is 360 g/mol. The fraction of sp³-hybridized carbons (Fsp3) is 0.533. The summed E-state index contributed by atoms with van der Waals surface area (Å²) < 4.78 is 40.5. The first-order valence-electron chi connectivity index (χ1n) is 7.53. The average molecular weight is 361 g/mol. The Balaban J connectivity index is 1.85. The van der Waals surface area contributed by atoms with E-state index in [1.54, 1.807) is 11.8 Å². The standard InChI is InChI=1S/C15H18ClFN2O3S/c1-10-15(20)18-6-2-3-13(18)8-19(10)23(21,22)9-11-4-5-12(16)7-14(11)17/h4-5,7,10,13H,2-3,6,8-9H2,1H3/t10-,13-/m1/s1. The summed E-state index contributed by atoms with van der Waals surface area (Å²) in [7, 11) is -3.79. The zero-order valence-corrected chi connectivity index (χ0v) is 14.3. The second-order valence-corrected chi connectivity index (χ2v) is 8.42. The van der Waals surface area contributed by atoms with Gasteiger partial charge in [-0.2, -0.15) is 4.31 Å². The summed E-state index contributed by atoms with van der Waals surface area (Å²) in [6.45, 7) is 2.56. The van der Waals surface area contributed by atoms with Crippen molar-refractivity contribution in [3.05, 3.63) is 34.6 Å². The Bertz CT molecular complexity index is 740. The lowest BCUT2D eigenvalue weighted by atomic mass is 10.1. The van der Waals surface area contributed by atoms with Gasteiger partial charge in [-0.1, -0.05) is 17.7 Å². The number of benzene rings is 1. The van der Waals surface area contributed by atoms with Crippen LogP contribution in [-0.4, -0.2) is 48.7 Å². The van der Waals surface area contributed by atoms with E-state index in [9.17, 15) is 17.6 Å². The molecule has 2 aliphatic heterocycles. The van der Waals surface area contributed by atoms with Crippen LogP contribution in [0.15, 0.2) is 18.2 Å². The van der Waals surface area contributed by atoms with Crippen LogP contribution in [0.5, 0.6) is 0 Å². The van der Waals surface area contributed by atoms with Crippen molar-refractivity contribution in [1.29, 1.82) is 0 Å². The molecule has 2 fully saturated rings. The zero-order valence-electron chi connectivity index (χ0n) is 12.7. The summed E-state index contributed by atoms with van der Waals surface area (Å²) in [4.78, 5) is 14.1. The van der Waals surface area contributed by atoms with Crippen molar-refractivity contribution in [2.45, 2.75) is 37.6 Å². The number of carbonyl (C=O) groups is 1. The first-order valence-corrected chi connectivity index (χ1v) is 9.52. The fourth-order valence-corrected chi connectivity index (χ4v) is 5.24. The third-order valence-electron chi connectivity index (χ3n) is 4.55. The van der Waals surface area contributed by atoms with Gasteiger partial charge in [0.2, 0.25) is 15.9 Å². The maximum atomic E-state index is 13.9. The molecule has 0 spiro atoms. The minimum absolute atomic E-state index is 0.0582. The maximum absolute atomic E-state index is 13.9. The second-order valence-electron chi connectivity index (χ2n) is 6.07. The number of rotatable bonds is 3. The van der Waals surface area contributed by atoms with Crippen LogP contribution in [0.25, 0.3) is 0 Å². The summed E-state index contributed by atoms with van der Waals surface area (Å²) in [5, 5.41) is 0.215. The van der Waals surface area contributed by atoms with Crippen LogP contribution in [-0.2, 0) is 20.6 Å². The maximum Gasteiger partial charge on any atom is 0.241 e. The van der Waals surface area contributed by atoms with Crippen molar-refractivity contribution in [2.75, 3.05) is 13.1 Å². The van der Waals surface area contributed by atoms with Gasteiger partial charge in [-0.3, -0.25) is 4.79 Å². The molecule has 0 aliphatic carbocycles. The molecule has 126 valence electrons. The van der Waals surface area contributed by atoms with E-state index in [4.69, 9.17) is 11.6 Å². The Kier molecular flexibility index (Phi) is 4.37. The first kappa shape index (κ1) is 16.7. The van der Waals surface area contributed by atoms with E-state index in [2.05, 4.69) is 0 Å². The van der Waals surface area contributed by atoms with E-state index in [0.29, 0.717) is 6.54 Å². The van der Waals surface area contributed by atoms with E-state index in [-0.39, 0.29) is 29.1 Å². The number of hydrogen-bond acceptors (Lipinski definition) is 3. The SMILES string of the molecule is C[C@@H]1C(=O)N2CCC[C@@H]2CN1S(=O)(=O)Cc1ccc(Cl)cc1F. The van der Waals surface area contributed by atoms with E-state index in [1.807, 2.05) is 0 Å². The summed E-state index contributed by atoms with van der Waals surface area (Å²) >= 11 is 5.69. The fourth-order valence-electron chi connectivity index (χ4n) is 3.32. The van der Waals surface area contributed by atoms with Crippen LogP contribution in [0.1, 0.15) is 25.3 Å². The van der Waals surface area contributed by atoms with Crippen LogP contribution in [0, 0.1) is 5.82 Å². The Morgan fingerprint density at radius 2 is 2.13 bits per heavy atom. The van der Waals surface area contributed by atoms with Crippen molar-refractivity contribution < 1.29 is 17.6 Å². The molecule has 0 aromatic heterocycles. The molecule has 0 radical (unpaired) electrons. The molecule has 23 heavy (non-hydrogen) atoms. The summed E-state index contributed by atoms with van der Waals surface area (Å²) in [5.74, 6) is -1.29. The number of piperazine rings is 1. The molecule has 1 aromatic carbocycles. The molecule has 1 aromatic rings. The van der Waals surface area contributed by atoms with Crippen molar-refractivity contribution in [3.63, 3.8) is 0 Å². The van der Waals surface area contributed by atoms with Gasteiger partial charge in [-0.15, -0.1) is 0 Å². The highest BCUT2D eigenvalue weighted by molar-refractivity contribution is 7.88. The number of halogens is 2. The van der Waals surface area contributed by atoms with Crippen molar-refractivity contribution >= 4 is 27.5 Å². The quantitative estimate of drug-likeness (QED) is 0.828. The van der Waals surface area contributed by atoms with Gasteiger partial charge in [-0.25, -0.2) is 12.8 Å². The zero-order chi connectivity index (χ0) is 16.8. The van der Waals surface area contributed by atoms with E-state index in [1.165, 1.54) is 16.4 Å². The lowest BCUT2D eigenvalue weighted by Crippen LogP contribution is -2.60. The van der Waals surface area contributed by atoms with Crippen LogP contribution < -0.4 is 0 Å². The summed E-state index contributed by atoms with van der Waals surface area (Å²) in [6.07, 6.45) is 1.70. The molecule has 0 bridgehead atoms. The van der Waals surface area contributed by atoms with E-state index >= 15 is 0 Å². The highest BCUT2D eigenvalue weighted by atomic mass is 35.5. The molecule has 2 heterocycles. The second kappa shape index (κ2) is 6.03. The van der Waals surface area contributed by atoms with Gasteiger partial charge in [0, 0.05) is 29.7 Å². The summed E-state index contributed by atoms with van der Waals surface area (Å²) in [6, 6.07) is 3.11. The Hall–Kier alpha value is -1.18. The lowest BCUT2D eigenvalue weighted by Gasteiger charge is -2.40. The van der Waals surface area contributed by atoms with E-state index < -0.39 is 27.6 Å². The number of hydrogen-bond donors (Lipinski definition) is 0. The van der Waals surface area contributed by atoms with Gasteiger partial charge < -0.3 is 4.90 Å². The predicted molar refractivity (Wildman–Crippen MR) is 84.9 cm³/mol. The lowest BCUT2D eigenvalue weighted by molar-refractivity contribution is -0.139. The normalized spacial score (nSPS) is 25.7. The number of amides is 1. The van der Waals surface area contributed by atoms with Gasteiger partial charge in [0.25, 0.3) is 0 Å². The third-order valence-corrected chi connectivity index (χ3v) is 6.64. The molecule has 8 heteroatoms. The summed E-state index contributed by atoms with van der Waals surface area (Å²) in [5.41, 5.74) is 0.0582. The van der Waals surface area contributed by atoms with Crippen LogP contribution in [0.2, 0.25) is 5.02 Å². The molecule has 5 nitrogen and oxygen atoms in total. The van der Waals surface area contributed by atoms with Gasteiger partial charge >= 0.3 is 0 Å². The van der Waals surface area contributed by atoms with Gasteiger partial charge in [0.15, 0.2) is 0 Å². The number of fused-ring (bicyclic) bond motifs is 1. The topological polar surface area (TPSA) is 57.7 Å². The molecule has 0 N–H and O–H groups in total. The highest BCUT2D eigenvalue weighted by Gasteiger charge is 2.44. The molecule has 2 saturated heterocycles. The minimum atomic E-state index is -3.79. The molecule has 0 unspecified atom stereocenters. The Labute approximate surface area is 140 Å². The molecular formula is C15H18ClFN2O3S. The number of nitrogens with zero attached hydrogens (tertiary/aromatic N) is 2. The average Bonchev–Trinajstić information content (AvgIpc) is 2.94. The van der Waals surface area contributed by atoms with Crippen LogP contribution in [0.4, 0.5) is 4.39 Å². The first-order chi connectivity index (χ1) is 10.8. The van der Waals surface area contributed by atoms with Gasteiger partial charge in [0.1, 0.15) is 11.9 Å². The minimum Gasteiger partial charge on any atom is -0.337 e. The molecule has 2 atom stereocenters. The molecule has 3 rings (SSSR count). The molecular weight excluding hydrogens is 343 g/mol. The van der Waals surface area contributed by atoms with Crippen molar-refractivity contribution in [1.82, 2.24) is 9.21 Å². The number of sulfonamides is 1. The van der Waals surface area contributed by atoms with Crippen molar-refractivity contribution in [2.24, 2.45) is 0 Å². The smallest absolute Gasteiger partial charge is 0.241 e. The van der Waals surface area contributed by atoms with Crippen LogP contribution in [0.3, 0.4) is 0 Å². The van der Waals surface area contributed by atoms with Gasteiger partial charge in [-0.05, 0) is 31.9 Å². The van der Waals surface area contributed by atoms with Gasteiger partial charge in [0.05, 0.1) is 5.75 Å². The predicted octanol–water partition coefficient (Wildman–Crippen LogP) is 2.00. The van der Waals surface area contributed by atoms with Crippen molar-refractivity contribution in [3.8, 4) is 0 Å². The molecule has 2 aliphatic rings. The molecule has 0 saturated carbocycles. The third kappa shape index (κ3) is 3.09. The van der Waals surface area contributed by atoms with E-state index in [0.717, 1.165) is 18.9 Å². The largest absolute Gasteiger partial charge is 0.337 e. The Morgan fingerprint density at radius 3 is 2.83 bits per heavy atom.